The van der Waals surface area contributed by atoms with E-state index in [1.165, 1.54) is 0 Å². The van der Waals surface area contributed by atoms with Crippen LogP contribution in [0.5, 0.6) is 0 Å². The summed E-state index contributed by atoms with van der Waals surface area (Å²) in [7, 11) is 0. The van der Waals surface area contributed by atoms with Crippen molar-refractivity contribution < 1.29 is 5.21 Å². The first-order chi connectivity index (χ1) is 4.83. The smallest absolute Gasteiger partial charge is 0.0669 e. The maximum absolute atomic E-state index is 8.90. The molecule has 1 aliphatic rings. The molecule has 0 saturated carbocycles. The summed E-state index contributed by atoms with van der Waals surface area (Å²) in [5.74, 6) is 0. The molecule has 0 atom stereocenters. The van der Waals surface area contributed by atoms with Crippen LogP contribution >= 0.6 is 0 Å². The van der Waals surface area contributed by atoms with E-state index in [1.807, 2.05) is 12.1 Å². The normalized spacial score (nSPS) is 16.4. The van der Waals surface area contributed by atoms with Gasteiger partial charge in [-0.15, -0.1) is 0 Å². The Kier molecular flexibility index (Phi) is 2.08. The summed E-state index contributed by atoms with van der Waals surface area (Å²) < 4.78 is 0. The average molecular weight is 136 g/mol. The van der Waals surface area contributed by atoms with Crippen molar-refractivity contribution in [3.05, 3.63) is 23.9 Å². The average Bonchev–Trinajstić information content (AvgIpc) is 1.88. The Bertz CT molecular complexity index is 212. The molecule has 1 heterocycles. The number of hydrogen-bond donors (Lipinski definition) is 1. The molecule has 0 unspecified atom stereocenters. The van der Waals surface area contributed by atoms with Gasteiger partial charge in [0.05, 0.1) is 19.0 Å². The van der Waals surface area contributed by atoms with E-state index in [9.17, 15) is 0 Å². The molecule has 0 aromatic rings. The lowest BCUT2D eigenvalue weighted by atomic mass is 10.1. The molecule has 52 valence electrons. The SMILES string of the molecule is N#CCC1=CC=CN(O)C1. The zero-order valence-corrected chi connectivity index (χ0v) is 5.49. The van der Waals surface area contributed by atoms with Gasteiger partial charge in [0.2, 0.25) is 0 Å². The van der Waals surface area contributed by atoms with Gasteiger partial charge in [0.15, 0.2) is 0 Å². The zero-order valence-electron chi connectivity index (χ0n) is 5.49. The summed E-state index contributed by atoms with van der Waals surface area (Å²) in [5, 5.41) is 18.3. The Morgan fingerprint density at radius 2 is 2.60 bits per heavy atom. The summed E-state index contributed by atoms with van der Waals surface area (Å²) in [5.41, 5.74) is 0.938. The maximum Gasteiger partial charge on any atom is 0.0669 e. The van der Waals surface area contributed by atoms with Crippen molar-refractivity contribution in [2.75, 3.05) is 6.54 Å². The number of nitrogens with zero attached hydrogens (tertiary/aromatic N) is 2. The number of allylic oxidation sites excluding steroid dienone is 2. The molecule has 0 aromatic heterocycles. The van der Waals surface area contributed by atoms with Crippen molar-refractivity contribution in [1.82, 2.24) is 5.06 Å². The lowest BCUT2D eigenvalue weighted by Gasteiger charge is -2.15. The minimum absolute atomic E-state index is 0.390. The van der Waals surface area contributed by atoms with Gasteiger partial charge < -0.3 is 0 Å². The Labute approximate surface area is 59.4 Å². The highest BCUT2D eigenvalue weighted by Crippen LogP contribution is 2.07. The molecule has 0 aliphatic carbocycles. The molecule has 0 bridgehead atoms. The molecule has 1 N–H and O–H groups in total. The number of rotatable bonds is 1. The molecule has 0 aromatic carbocycles. The lowest BCUT2D eigenvalue weighted by Crippen LogP contribution is -2.17. The van der Waals surface area contributed by atoms with Gasteiger partial charge in [-0.25, -0.2) is 0 Å². The molecule has 1 aliphatic heterocycles. The standard InChI is InChI=1S/C7H8N2O/c8-4-3-7-2-1-5-9(10)6-7/h1-2,5,10H,3,6H2. The third kappa shape index (κ3) is 1.61. The van der Waals surface area contributed by atoms with Crippen LogP contribution in [0.2, 0.25) is 0 Å². The van der Waals surface area contributed by atoms with Crippen LogP contribution in [0.4, 0.5) is 0 Å². The van der Waals surface area contributed by atoms with Crippen molar-refractivity contribution in [3.8, 4) is 6.07 Å². The second kappa shape index (κ2) is 3.04. The van der Waals surface area contributed by atoms with Gasteiger partial charge in [0, 0.05) is 6.20 Å². The Morgan fingerprint density at radius 3 is 3.20 bits per heavy atom. The molecule has 10 heavy (non-hydrogen) atoms. The summed E-state index contributed by atoms with van der Waals surface area (Å²) in [4.78, 5) is 0. The Balaban J connectivity index is 2.55. The van der Waals surface area contributed by atoms with Crippen molar-refractivity contribution in [1.29, 1.82) is 5.26 Å². The summed E-state index contributed by atoms with van der Waals surface area (Å²) in [6.45, 7) is 0.448. The minimum atomic E-state index is 0.390. The fourth-order valence-electron chi connectivity index (χ4n) is 0.808. The molecule has 3 heteroatoms. The van der Waals surface area contributed by atoms with E-state index in [2.05, 4.69) is 0 Å². The molecule has 3 nitrogen and oxygen atoms in total. The van der Waals surface area contributed by atoms with Crippen molar-refractivity contribution in [2.45, 2.75) is 6.42 Å². The van der Waals surface area contributed by atoms with E-state index in [4.69, 9.17) is 10.5 Å². The Morgan fingerprint density at radius 1 is 1.80 bits per heavy atom. The third-order valence-corrected chi connectivity index (χ3v) is 1.26. The molecule has 0 saturated heterocycles. The van der Waals surface area contributed by atoms with Gasteiger partial charge >= 0.3 is 0 Å². The number of nitriles is 1. The molecule has 0 amide bonds. The monoisotopic (exact) mass is 136 g/mol. The first-order valence-corrected chi connectivity index (χ1v) is 3.01. The van der Waals surface area contributed by atoms with Gasteiger partial charge in [-0.2, -0.15) is 5.26 Å². The van der Waals surface area contributed by atoms with Crippen molar-refractivity contribution in [2.24, 2.45) is 0 Å². The van der Waals surface area contributed by atoms with Crippen LogP contribution in [-0.4, -0.2) is 16.8 Å². The lowest BCUT2D eigenvalue weighted by molar-refractivity contribution is -0.0331. The fourth-order valence-corrected chi connectivity index (χ4v) is 0.808. The van der Waals surface area contributed by atoms with E-state index in [0.29, 0.717) is 13.0 Å². The van der Waals surface area contributed by atoms with Crippen LogP contribution in [0.3, 0.4) is 0 Å². The van der Waals surface area contributed by atoms with Gasteiger partial charge in [-0.1, -0.05) is 6.08 Å². The summed E-state index contributed by atoms with van der Waals surface area (Å²) >= 11 is 0. The van der Waals surface area contributed by atoms with Crippen molar-refractivity contribution >= 4 is 0 Å². The fraction of sp³-hybridized carbons (Fsp3) is 0.286. The Hall–Kier alpha value is -1.27. The van der Waals surface area contributed by atoms with E-state index in [0.717, 1.165) is 10.6 Å². The molecule has 0 radical (unpaired) electrons. The van der Waals surface area contributed by atoms with Gasteiger partial charge in [0.25, 0.3) is 0 Å². The van der Waals surface area contributed by atoms with E-state index in [-0.39, 0.29) is 0 Å². The minimum Gasteiger partial charge on any atom is -0.289 e. The summed E-state index contributed by atoms with van der Waals surface area (Å²) in [6.07, 6.45) is 5.51. The van der Waals surface area contributed by atoms with Crippen LogP contribution < -0.4 is 0 Å². The predicted octanol–water partition coefficient (Wildman–Crippen LogP) is 1.04. The maximum atomic E-state index is 8.90. The highest BCUT2D eigenvalue weighted by molar-refractivity contribution is 5.20. The third-order valence-electron chi connectivity index (χ3n) is 1.26. The topological polar surface area (TPSA) is 47.3 Å². The van der Waals surface area contributed by atoms with E-state index in [1.54, 1.807) is 12.3 Å². The van der Waals surface area contributed by atoms with Crippen LogP contribution in [0.25, 0.3) is 0 Å². The molecule has 0 fully saturated rings. The highest BCUT2D eigenvalue weighted by Gasteiger charge is 2.02. The quantitative estimate of drug-likeness (QED) is 0.586. The first-order valence-electron chi connectivity index (χ1n) is 3.01. The number of hydrogen-bond acceptors (Lipinski definition) is 3. The molecular formula is C7H8N2O. The van der Waals surface area contributed by atoms with Crippen LogP contribution in [0, 0.1) is 11.3 Å². The van der Waals surface area contributed by atoms with E-state index < -0.39 is 0 Å². The van der Waals surface area contributed by atoms with Crippen LogP contribution in [0.1, 0.15) is 6.42 Å². The highest BCUT2D eigenvalue weighted by atomic mass is 16.5. The first kappa shape index (κ1) is 6.84. The van der Waals surface area contributed by atoms with E-state index >= 15 is 0 Å². The second-order valence-corrected chi connectivity index (χ2v) is 2.10. The largest absolute Gasteiger partial charge is 0.289 e. The van der Waals surface area contributed by atoms with Crippen LogP contribution in [-0.2, 0) is 0 Å². The van der Waals surface area contributed by atoms with Gasteiger partial charge in [-0.05, 0) is 11.6 Å². The summed E-state index contributed by atoms with van der Waals surface area (Å²) in [6, 6.07) is 2.02. The molecule has 1 rings (SSSR count). The van der Waals surface area contributed by atoms with Gasteiger partial charge in [0.1, 0.15) is 0 Å². The van der Waals surface area contributed by atoms with Gasteiger partial charge in [-0.3, -0.25) is 10.3 Å². The molecular weight excluding hydrogens is 128 g/mol. The molecule has 0 spiro atoms. The predicted molar refractivity (Wildman–Crippen MR) is 35.9 cm³/mol. The number of hydroxylamine groups is 2. The zero-order chi connectivity index (χ0) is 7.40. The van der Waals surface area contributed by atoms with Crippen molar-refractivity contribution in [3.63, 3.8) is 0 Å². The van der Waals surface area contributed by atoms with Crippen LogP contribution in [0.15, 0.2) is 23.9 Å². The second-order valence-electron chi connectivity index (χ2n) is 2.10.